The van der Waals surface area contributed by atoms with Crippen molar-refractivity contribution in [2.24, 2.45) is 0 Å². The molecule has 0 aliphatic rings. The molecule has 1 heterocycles. The molecule has 0 bridgehead atoms. The highest BCUT2D eigenvalue weighted by atomic mass is 79.9. The van der Waals surface area contributed by atoms with Crippen LogP contribution in [0.25, 0.3) is 10.9 Å². The Bertz CT molecular complexity index is 1130. The summed E-state index contributed by atoms with van der Waals surface area (Å²) in [5.41, 5.74) is 2.16. The number of halogens is 1. The molecule has 1 N–H and O–H groups in total. The van der Waals surface area contributed by atoms with E-state index in [0.717, 1.165) is 10.0 Å². The lowest BCUT2D eigenvalue weighted by Gasteiger charge is -2.19. The number of ether oxygens (including phenoxy) is 1. The fourth-order valence-electron chi connectivity index (χ4n) is 2.97. The van der Waals surface area contributed by atoms with Crippen molar-refractivity contribution in [3.63, 3.8) is 0 Å². The summed E-state index contributed by atoms with van der Waals surface area (Å²) in [6.07, 6.45) is 1.49. The van der Waals surface area contributed by atoms with Crippen molar-refractivity contribution in [1.82, 2.24) is 9.71 Å². The molecule has 0 spiro atoms. The van der Waals surface area contributed by atoms with Gasteiger partial charge in [0.05, 0.1) is 30.0 Å². The third kappa shape index (κ3) is 4.40. The summed E-state index contributed by atoms with van der Waals surface area (Å²) in [7, 11) is -2.66. The number of carbonyl (C=O) groups excluding carboxylic acids is 1. The molecular formula is C20H19BrN2O4S. The number of pyridine rings is 1. The minimum absolute atomic E-state index is 0.117. The lowest BCUT2D eigenvalue weighted by atomic mass is 10.1. The Morgan fingerprint density at radius 2 is 2.00 bits per heavy atom. The maximum Gasteiger partial charge on any atom is 0.307 e. The first-order valence-electron chi connectivity index (χ1n) is 8.51. The molecule has 6 nitrogen and oxygen atoms in total. The van der Waals surface area contributed by atoms with Gasteiger partial charge in [0.15, 0.2) is 0 Å². The second-order valence-electron chi connectivity index (χ2n) is 6.29. The first kappa shape index (κ1) is 20.4. The Morgan fingerprint density at radius 1 is 1.21 bits per heavy atom. The Balaban J connectivity index is 2.05. The zero-order chi connectivity index (χ0) is 20.3. The highest BCUT2D eigenvalue weighted by molar-refractivity contribution is 9.10. The number of benzene rings is 2. The predicted molar refractivity (Wildman–Crippen MR) is 110 cm³/mol. The van der Waals surface area contributed by atoms with Gasteiger partial charge < -0.3 is 4.74 Å². The monoisotopic (exact) mass is 462 g/mol. The number of hydrogen-bond donors (Lipinski definition) is 1. The summed E-state index contributed by atoms with van der Waals surface area (Å²) in [6.45, 7) is 1.88. The first-order valence-corrected chi connectivity index (χ1v) is 10.8. The third-order valence-corrected chi connectivity index (χ3v) is 6.39. The highest BCUT2D eigenvalue weighted by Crippen LogP contribution is 2.28. The van der Waals surface area contributed by atoms with Crippen LogP contribution in [0.3, 0.4) is 0 Å². The lowest BCUT2D eigenvalue weighted by Crippen LogP contribution is -2.30. The Hall–Kier alpha value is -2.29. The Labute approximate surface area is 172 Å². The van der Waals surface area contributed by atoms with Crippen LogP contribution in [0.15, 0.2) is 64.1 Å². The van der Waals surface area contributed by atoms with Crippen LogP contribution in [-0.4, -0.2) is 26.5 Å². The zero-order valence-corrected chi connectivity index (χ0v) is 17.7. The highest BCUT2D eigenvalue weighted by Gasteiger charge is 2.26. The van der Waals surface area contributed by atoms with E-state index in [9.17, 15) is 13.2 Å². The van der Waals surface area contributed by atoms with E-state index in [1.165, 1.54) is 7.11 Å². The van der Waals surface area contributed by atoms with Gasteiger partial charge in [0.2, 0.25) is 10.0 Å². The van der Waals surface area contributed by atoms with E-state index >= 15 is 0 Å². The third-order valence-electron chi connectivity index (χ3n) is 4.37. The van der Waals surface area contributed by atoms with Crippen LogP contribution in [0.2, 0.25) is 0 Å². The van der Waals surface area contributed by atoms with E-state index in [4.69, 9.17) is 4.74 Å². The quantitative estimate of drug-likeness (QED) is 0.561. The van der Waals surface area contributed by atoms with Gasteiger partial charge in [-0.1, -0.05) is 34.1 Å². The summed E-state index contributed by atoms with van der Waals surface area (Å²) in [5.74, 6) is -0.511. The van der Waals surface area contributed by atoms with Crippen LogP contribution >= 0.6 is 15.9 Å². The molecule has 28 heavy (non-hydrogen) atoms. The molecule has 0 aliphatic carbocycles. The smallest absolute Gasteiger partial charge is 0.307 e. The SMILES string of the molecule is COC(=O)CC(NS(=O)(=O)c1ccc(C)c2ncccc12)c1cccc(Br)c1. The van der Waals surface area contributed by atoms with E-state index in [0.29, 0.717) is 16.5 Å². The van der Waals surface area contributed by atoms with Gasteiger partial charge in [0.25, 0.3) is 0 Å². The number of nitrogens with zero attached hydrogens (tertiary/aromatic N) is 1. The molecule has 3 aromatic rings. The van der Waals surface area contributed by atoms with Crippen molar-refractivity contribution in [3.05, 3.63) is 70.3 Å². The number of rotatable bonds is 6. The number of esters is 1. The van der Waals surface area contributed by atoms with E-state index in [-0.39, 0.29) is 11.3 Å². The largest absolute Gasteiger partial charge is 0.469 e. The second-order valence-corrected chi connectivity index (χ2v) is 8.89. The topological polar surface area (TPSA) is 85.4 Å². The van der Waals surface area contributed by atoms with Crippen molar-refractivity contribution >= 4 is 42.8 Å². The zero-order valence-electron chi connectivity index (χ0n) is 15.3. The number of carbonyl (C=O) groups is 1. The van der Waals surface area contributed by atoms with E-state index in [1.807, 2.05) is 13.0 Å². The molecule has 0 aliphatic heterocycles. The minimum atomic E-state index is -3.93. The van der Waals surface area contributed by atoms with Crippen LogP contribution in [0.5, 0.6) is 0 Å². The fraction of sp³-hybridized carbons (Fsp3) is 0.200. The maximum atomic E-state index is 13.2. The summed E-state index contributed by atoms with van der Waals surface area (Å²) < 4.78 is 34.6. The standard InChI is InChI=1S/C20H19BrN2O4S/c1-13-8-9-18(16-7-4-10-22-20(13)16)28(25,26)23-17(12-19(24)27-2)14-5-3-6-15(21)11-14/h3-11,17,23H,12H2,1-2H3. The van der Waals surface area contributed by atoms with Crippen LogP contribution < -0.4 is 4.72 Å². The van der Waals surface area contributed by atoms with Crippen molar-refractivity contribution in [3.8, 4) is 0 Å². The normalized spacial score (nSPS) is 12.7. The Kier molecular flexibility index (Phi) is 6.12. The van der Waals surface area contributed by atoms with Crippen molar-refractivity contribution in [1.29, 1.82) is 0 Å². The molecule has 3 rings (SSSR count). The second kappa shape index (κ2) is 8.38. The number of aromatic nitrogens is 1. The lowest BCUT2D eigenvalue weighted by molar-refractivity contribution is -0.141. The number of hydrogen-bond acceptors (Lipinski definition) is 5. The molecule has 1 unspecified atom stereocenters. The van der Waals surface area contributed by atoms with E-state index in [2.05, 4.69) is 25.6 Å². The minimum Gasteiger partial charge on any atom is -0.469 e. The summed E-state index contributed by atoms with van der Waals surface area (Å²) >= 11 is 3.38. The van der Waals surface area contributed by atoms with Crippen LogP contribution in [0.1, 0.15) is 23.6 Å². The molecule has 0 amide bonds. The summed E-state index contributed by atoms with van der Waals surface area (Å²) in [5, 5.41) is 0.529. The fourth-order valence-corrected chi connectivity index (χ4v) is 4.81. The molecule has 2 aromatic carbocycles. The number of methoxy groups -OCH3 is 1. The number of aryl methyl sites for hydroxylation is 1. The van der Waals surface area contributed by atoms with Gasteiger partial charge in [-0.25, -0.2) is 13.1 Å². The number of fused-ring (bicyclic) bond motifs is 1. The molecule has 0 saturated heterocycles. The van der Waals surface area contributed by atoms with Crippen LogP contribution in [0, 0.1) is 6.92 Å². The molecule has 0 saturated carbocycles. The number of nitrogens with one attached hydrogen (secondary N) is 1. The van der Waals surface area contributed by atoms with Crippen LogP contribution in [0.4, 0.5) is 0 Å². The van der Waals surface area contributed by atoms with Gasteiger partial charge in [0, 0.05) is 16.1 Å². The average molecular weight is 463 g/mol. The number of sulfonamides is 1. The van der Waals surface area contributed by atoms with E-state index < -0.39 is 22.0 Å². The maximum absolute atomic E-state index is 13.2. The summed E-state index contributed by atoms with van der Waals surface area (Å²) in [6, 6.07) is 13.0. The first-order chi connectivity index (χ1) is 13.3. The van der Waals surface area contributed by atoms with Gasteiger partial charge in [-0.05, 0) is 48.4 Å². The van der Waals surface area contributed by atoms with Gasteiger partial charge in [-0.2, -0.15) is 0 Å². The molecule has 1 aromatic heterocycles. The van der Waals surface area contributed by atoms with Gasteiger partial charge in [-0.3, -0.25) is 9.78 Å². The molecular weight excluding hydrogens is 444 g/mol. The molecule has 146 valence electrons. The van der Waals surface area contributed by atoms with Crippen molar-refractivity contribution in [2.75, 3.05) is 7.11 Å². The average Bonchev–Trinajstić information content (AvgIpc) is 2.67. The van der Waals surface area contributed by atoms with Gasteiger partial charge in [-0.15, -0.1) is 0 Å². The van der Waals surface area contributed by atoms with Gasteiger partial charge >= 0.3 is 5.97 Å². The molecule has 8 heteroatoms. The Morgan fingerprint density at radius 3 is 2.71 bits per heavy atom. The molecule has 0 radical (unpaired) electrons. The van der Waals surface area contributed by atoms with Gasteiger partial charge in [0.1, 0.15) is 0 Å². The molecule has 1 atom stereocenters. The van der Waals surface area contributed by atoms with Crippen LogP contribution in [-0.2, 0) is 19.6 Å². The molecule has 0 fully saturated rings. The van der Waals surface area contributed by atoms with Crippen molar-refractivity contribution in [2.45, 2.75) is 24.3 Å². The predicted octanol–water partition coefficient (Wildman–Crippen LogP) is 3.89. The summed E-state index contributed by atoms with van der Waals surface area (Å²) in [4.78, 5) is 16.3. The van der Waals surface area contributed by atoms with E-state index in [1.54, 1.807) is 48.7 Å². The van der Waals surface area contributed by atoms with Crippen molar-refractivity contribution < 1.29 is 17.9 Å².